The Bertz CT molecular complexity index is 557. The average molecular weight is 306 g/mol. The molecule has 0 atom stereocenters. The molecule has 1 aromatic rings. The highest BCUT2D eigenvalue weighted by atomic mass is 16.5. The van der Waals surface area contributed by atoms with E-state index in [0.717, 1.165) is 50.9 Å². The van der Waals surface area contributed by atoms with Crippen molar-refractivity contribution in [2.75, 3.05) is 19.8 Å². The van der Waals surface area contributed by atoms with Gasteiger partial charge in [0.2, 0.25) is 0 Å². The number of ether oxygens (including phenoxy) is 2. The second-order valence-corrected chi connectivity index (χ2v) is 6.00. The summed E-state index contributed by atoms with van der Waals surface area (Å²) in [6, 6.07) is 0. The third-order valence-corrected chi connectivity index (χ3v) is 4.34. The third kappa shape index (κ3) is 3.06. The number of hydrogen-bond acceptors (Lipinski definition) is 5. The fourth-order valence-electron chi connectivity index (χ4n) is 2.99. The van der Waals surface area contributed by atoms with Gasteiger partial charge in [0.1, 0.15) is 0 Å². The summed E-state index contributed by atoms with van der Waals surface area (Å²) in [4.78, 5) is 23.8. The van der Waals surface area contributed by atoms with Gasteiger partial charge in [-0.1, -0.05) is 0 Å². The van der Waals surface area contributed by atoms with Crippen LogP contribution in [0.4, 0.5) is 0 Å². The van der Waals surface area contributed by atoms with Gasteiger partial charge in [-0.3, -0.25) is 9.48 Å². The lowest BCUT2D eigenvalue weighted by molar-refractivity contribution is 0.0488. The van der Waals surface area contributed by atoms with E-state index >= 15 is 0 Å². The molecule has 0 unspecified atom stereocenters. The minimum Gasteiger partial charge on any atom is -0.461 e. The Morgan fingerprint density at radius 3 is 2.68 bits per heavy atom. The predicted octanol–water partition coefficient (Wildman–Crippen LogP) is 2.18. The second kappa shape index (κ2) is 6.60. The Morgan fingerprint density at radius 2 is 2.09 bits per heavy atom. The van der Waals surface area contributed by atoms with Gasteiger partial charge in [-0.2, -0.15) is 5.10 Å². The van der Waals surface area contributed by atoms with Gasteiger partial charge < -0.3 is 9.47 Å². The lowest BCUT2D eigenvalue weighted by Gasteiger charge is -2.22. The largest absolute Gasteiger partial charge is 0.461 e. The summed E-state index contributed by atoms with van der Waals surface area (Å²) in [5.41, 5.74) is 1.52. The summed E-state index contributed by atoms with van der Waals surface area (Å²) < 4.78 is 12.2. The molecular weight excluding hydrogens is 284 g/mol. The zero-order valence-electron chi connectivity index (χ0n) is 12.9. The summed E-state index contributed by atoms with van der Waals surface area (Å²) in [5.74, 6) is 0.300. The van der Waals surface area contributed by atoms with Gasteiger partial charge in [0.05, 0.1) is 17.9 Å². The molecule has 1 aliphatic carbocycles. The van der Waals surface area contributed by atoms with E-state index in [9.17, 15) is 9.59 Å². The van der Waals surface area contributed by atoms with Crippen LogP contribution in [0.25, 0.3) is 0 Å². The Balaban J connectivity index is 1.91. The van der Waals surface area contributed by atoms with E-state index < -0.39 is 5.97 Å². The van der Waals surface area contributed by atoms with Gasteiger partial charge in [-0.05, 0) is 38.5 Å². The zero-order valence-corrected chi connectivity index (χ0v) is 12.9. The highest BCUT2D eigenvalue weighted by molar-refractivity contribution is 5.97. The molecule has 0 bridgehead atoms. The van der Waals surface area contributed by atoms with Crippen molar-refractivity contribution in [1.29, 1.82) is 0 Å². The van der Waals surface area contributed by atoms with Crippen molar-refractivity contribution >= 4 is 12.3 Å². The molecule has 6 heteroatoms. The number of carbonyl (C=O) groups excluding carboxylic acids is 2. The monoisotopic (exact) mass is 306 g/mol. The van der Waals surface area contributed by atoms with Crippen LogP contribution in [0.2, 0.25) is 0 Å². The Hall–Kier alpha value is -1.69. The molecule has 2 aliphatic rings. The molecule has 3 rings (SSSR count). The molecule has 2 heterocycles. The van der Waals surface area contributed by atoms with Crippen molar-refractivity contribution in [2.45, 2.75) is 45.1 Å². The number of aromatic nitrogens is 2. The fraction of sp³-hybridized carbons (Fsp3) is 0.688. The zero-order chi connectivity index (χ0) is 15.5. The number of aldehydes is 1. The first-order valence-corrected chi connectivity index (χ1v) is 8.05. The molecule has 120 valence electrons. The van der Waals surface area contributed by atoms with Gasteiger partial charge in [0, 0.05) is 25.7 Å². The van der Waals surface area contributed by atoms with Crippen LogP contribution in [-0.4, -0.2) is 41.9 Å². The molecule has 22 heavy (non-hydrogen) atoms. The Kier molecular flexibility index (Phi) is 4.57. The van der Waals surface area contributed by atoms with Crippen LogP contribution in [-0.2, 0) is 16.0 Å². The smallest absolute Gasteiger partial charge is 0.357 e. The van der Waals surface area contributed by atoms with Crippen molar-refractivity contribution in [3.8, 4) is 0 Å². The minimum absolute atomic E-state index is 0.290. The van der Waals surface area contributed by atoms with E-state index in [2.05, 4.69) is 5.10 Å². The van der Waals surface area contributed by atoms with E-state index in [1.54, 1.807) is 11.6 Å². The Morgan fingerprint density at radius 1 is 1.36 bits per heavy atom. The first-order valence-electron chi connectivity index (χ1n) is 8.05. The van der Waals surface area contributed by atoms with E-state index in [1.807, 2.05) is 0 Å². The molecule has 0 radical (unpaired) electrons. The topological polar surface area (TPSA) is 70.4 Å². The highest BCUT2D eigenvalue weighted by Gasteiger charge is 2.34. The lowest BCUT2D eigenvalue weighted by atomic mass is 10.0. The predicted molar refractivity (Wildman–Crippen MR) is 79.1 cm³/mol. The van der Waals surface area contributed by atoms with Crippen LogP contribution in [0, 0.1) is 5.92 Å². The van der Waals surface area contributed by atoms with Gasteiger partial charge in [-0.15, -0.1) is 0 Å². The first kappa shape index (κ1) is 15.2. The van der Waals surface area contributed by atoms with Crippen LogP contribution in [0.3, 0.4) is 0 Å². The lowest BCUT2D eigenvalue weighted by Crippen LogP contribution is -2.24. The number of carbonyl (C=O) groups is 2. The summed E-state index contributed by atoms with van der Waals surface area (Å²) in [6.45, 7) is 4.19. The van der Waals surface area contributed by atoms with E-state index in [1.165, 1.54) is 0 Å². The summed E-state index contributed by atoms with van der Waals surface area (Å²) >= 11 is 0. The molecule has 1 aromatic heterocycles. The molecule has 1 saturated carbocycles. The summed E-state index contributed by atoms with van der Waals surface area (Å²) in [6.07, 6.45) is 4.75. The maximum absolute atomic E-state index is 12.3. The molecule has 0 N–H and O–H groups in total. The standard InChI is InChI=1S/C16H22N2O4/c1-2-22-16(20)15-13(10-19)14(12-3-4-12)17-18(15)9-11-5-7-21-8-6-11/h10-12H,2-9H2,1H3. The molecule has 1 aliphatic heterocycles. The van der Waals surface area contributed by atoms with Crippen molar-refractivity contribution in [3.63, 3.8) is 0 Å². The molecule has 0 amide bonds. The SMILES string of the molecule is CCOC(=O)c1c(C=O)c(C2CC2)nn1CC1CCOCC1. The number of hydrogen-bond donors (Lipinski definition) is 0. The summed E-state index contributed by atoms with van der Waals surface area (Å²) in [5, 5.41) is 4.58. The van der Waals surface area contributed by atoms with Gasteiger partial charge >= 0.3 is 5.97 Å². The second-order valence-electron chi connectivity index (χ2n) is 6.00. The van der Waals surface area contributed by atoms with Crippen molar-refractivity contribution in [2.24, 2.45) is 5.92 Å². The van der Waals surface area contributed by atoms with Crippen molar-refractivity contribution < 1.29 is 19.1 Å². The number of esters is 1. The van der Waals surface area contributed by atoms with Crippen LogP contribution >= 0.6 is 0 Å². The minimum atomic E-state index is -0.448. The average Bonchev–Trinajstić information content (AvgIpc) is 3.30. The normalized spacial score (nSPS) is 19.1. The molecule has 0 aromatic carbocycles. The van der Waals surface area contributed by atoms with E-state index in [0.29, 0.717) is 36.2 Å². The first-order chi connectivity index (χ1) is 10.7. The van der Waals surface area contributed by atoms with Crippen LogP contribution in [0.1, 0.15) is 65.1 Å². The van der Waals surface area contributed by atoms with E-state index in [4.69, 9.17) is 9.47 Å². The highest BCUT2D eigenvalue weighted by Crippen LogP contribution is 2.41. The van der Waals surface area contributed by atoms with Crippen LogP contribution < -0.4 is 0 Å². The van der Waals surface area contributed by atoms with Crippen molar-refractivity contribution in [3.05, 3.63) is 17.0 Å². The third-order valence-electron chi connectivity index (χ3n) is 4.34. The van der Waals surface area contributed by atoms with Crippen LogP contribution in [0.5, 0.6) is 0 Å². The quantitative estimate of drug-likeness (QED) is 0.595. The number of nitrogens with zero attached hydrogens (tertiary/aromatic N) is 2. The van der Waals surface area contributed by atoms with Gasteiger partial charge in [-0.25, -0.2) is 4.79 Å². The molecule has 0 spiro atoms. The van der Waals surface area contributed by atoms with Gasteiger partial charge in [0.15, 0.2) is 12.0 Å². The summed E-state index contributed by atoms with van der Waals surface area (Å²) in [7, 11) is 0. The van der Waals surface area contributed by atoms with Gasteiger partial charge in [0.25, 0.3) is 0 Å². The van der Waals surface area contributed by atoms with E-state index in [-0.39, 0.29) is 0 Å². The maximum Gasteiger partial charge on any atom is 0.357 e. The molecule has 6 nitrogen and oxygen atoms in total. The fourth-order valence-corrected chi connectivity index (χ4v) is 2.99. The van der Waals surface area contributed by atoms with Crippen LogP contribution in [0.15, 0.2) is 0 Å². The maximum atomic E-state index is 12.3. The molecular formula is C16H22N2O4. The Labute approximate surface area is 129 Å². The van der Waals surface area contributed by atoms with Crippen molar-refractivity contribution in [1.82, 2.24) is 9.78 Å². The number of rotatable bonds is 6. The molecule has 2 fully saturated rings. The molecule has 1 saturated heterocycles.